The van der Waals surface area contributed by atoms with Crippen LogP contribution in [0.1, 0.15) is 45.1 Å². The summed E-state index contributed by atoms with van der Waals surface area (Å²) in [7, 11) is -3.86. The second-order valence-electron chi connectivity index (χ2n) is 7.47. The van der Waals surface area contributed by atoms with E-state index in [1.165, 1.54) is 6.92 Å². The second kappa shape index (κ2) is 8.49. The van der Waals surface area contributed by atoms with Gasteiger partial charge in [-0.1, -0.05) is 19.0 Å². The van der Waals surface area contributed by atoms with E-state index in [-0.39, 0.29) is 28.3 Å². The number of carbonyl (C=O) groups excluding carboxylic acids is 1. The Morgan fingerprint density at radius 1 is 1.27 bits per heavy atom. The van der Waals surface area contributed by atoms with Gasteiger partial charge in [0, 0.05) is 25.7 Å². The number of likely N-dealkylation sites (tertiary alicyclic amines) is 1. The predicted molar refractivity (Wildman–Crippen MR) is 98.2 cm³/mol. The molecule has 2 N–H and O–H groups in total. The van der Waals surface area contributed by atoms with E-state index in [0.29, 0.717) is 5.92 Å². The highest BCUT2D eigenvalue weighted by Gasteiger charge is 2.29. The Bertz CT molecular complexity index is 702. The first kappa shape index (κ1) is 20.9. The first-order valence-corrected chi connectivity index (χ1v) is 10.6. The highest BCUT2D eigenvalue weighted by atomic mass is 32.2. The molecule has 1 amide bonds. The van der Waals surface area contributed by atoms with E-state index in [2.05, 4.69) is 33.9 Å². The third-order valence-electron chi connectivity index (χ3n) is 4.52. The molecule has 9 heteroatoms. The van der Waals surface area contributed by atoms with Crippen LogP contribution in [0.4, 0.5) is 0 Å². The van der Waals surface area contributed by atoms with Gasteiger partial charge in [-0.05, 0) is 39.5 Å². The third kappa shape index (κ3) is 5.28. The van der Waals surface area contributed by atoms with Gasteiger partial charge in [-0.15, -0.1) is 0 Å². The molecular formula is C17H30N4O4S. The van der Waals surface area contributed by atoms with Crippen molar-refractivity contribution in [2.45, 2.75) is 64.4 Å². The molecule has 1 aliphatic heterocycles. The van der Waals surface area contributed by atoms with Crippen LogP contribution >= 0.6 is 0 Å². The molecule has 0 aromatic carbocycles. The van der Waals surface area contributed by atoms with Crippen LogP contribution in [0.5, 0.6) is 0 Å². The minimum atomic E-state index is -3.86. The van der Waals surface area contributed by atoms with Crippen molar-refractivity contribution in [1.82, 2.24) is 20.1 Å². The van der Waals surface area contributed by atoms with E-state index < -0.39 is 16.1 Å². The number of nitrogens with zero attached hydrogens (tertiary/aromatic N) is 2. The number of carbonyl (C=O) groups is 1. The topological polar surface area (TPSA) is 105 Å². The number of hydrogen-bond acceptors (Lipinski definition) is 6. The third-order valence-corrected chi connectivity index (χ3v) is 6.30. The van der Waals surface area contributed by atoms with Crippen LogP contribution in [0.15, 0.2) is 9.42 Å². The number of aromatic nitrogens is 1. The van der Waals surface area contributed by atoms with Crippen molar-refractivity contribution in [2.24, 2.45) is 5.92 Å². The predicted octanol–water partition coefficient (Wildman–Crippen LogP) is 1.19. The standard InChI is InChI=1S/C17H30N4O4S/c1-11(2)10-21-8-6-15(7-9-21)18-17(22)13(4)20-26(23,24)16-12(3)19-25-14(16)5/h11,13,15,20H,6-10H2,1-5H3,(H,18,22)/t13-/m0/s1. The molecule has 0 unspecified atom stereocenters. The number of rotatable bonds is 7. The van der Waals surface area contributed by atoms with Crippen LogP contribution in [0.3, 0.4) is 0 Å². The number of sulfonamides is 1. The first-order valence-electron chi connectivity index (χ1n) is 9.08. The fraction of sp³-hybridized carbons (Fsp3) is 0.765. The highest BCUT2D eigenvalue weighted by Crippen LogP contribution is 2.19. The van der Waals surface area contributed by atoms with Gasteiger partial charge in [0.25, 0.3) is 0 Å². The van der Waals surface area contributed by atoms with Gasteiger partial charge in [0.2, 0.25) is 15.9 Å². The van der Waals surface area contributed by atoms with Crippen LogP contribution < -0.4 is 10.0 Å². The summed E-state index contributed by atoms with van der Waals surface area (Å²) in [6.45, 7) is 12.0. The largest absolute Gasteiger partial charge is 0.360 e. The summed E-state index contributed by atoms with van der Waals surface area (Å²) in [5, 5.41) is 6.61. The molecule has 0 bridgehead atoms. The molecule has 1 aliphatic rings. The molecule has 1 atom stereocenters. The second-order valence-corrected chi connectivity index (χ2v) is 9.12. The lowest BCUT2D eigenvalue weighted by atomic mass is 10.0. The van der Waals surface area contributed by atoms with Crippen molar-refractivity contribution in [3.05, 3.63) is 11.5 Å². The Morgan fingerprint density at radius 2 is 1.88 bits per heavy atom. The summed E-state index contributed by atoms with van der Waals surface area (Å²) < 4.78 is 32.3. The van der Waals surface area contributed by atoms with E-state index in [1.54, 1.807) is 13.8 Å². The van der Waals surface area contributed by atoms with E-state index >= 15 is 0 Å². The van der Waals surface area contributed by atoms with Gasteiger partial charge in [0.1, 0.15) is 10.6 Å². The average Bonchev–Trinajstić information content (AvgIpc) is 2.87. The molecule has 1 aromatic heterocycles. The summed E-state index contributed by atoms with van der Waals surface area (Å²) in [6, 6.07) is -0.792. The van der Waals surface area contributed by atoms with Gasteiger partial charge in [-0.25, -0.2) is 8.42 Å². The summed E-state index contributed by atoms with van der Waals surface area (Å²) in [4.78, 5) is 14.8. The van der Waals surface area contributed by atoms with Crippen molar-refractivity contribution in [3.63, 3.8) is 0 Å². The zero-order chi connectivity index (χ0) is 19.5. The van der Waals surface area contributed by atoms with Gasteiger partial charge in [-0.2, -0.15) is 4.72 Å². The van der Waals surface area contributed by atoms with Crippen molar-refractivity contribution >= 4 is 15.9 Å². The van der Waals surface area contributed by atoms with Crippen LogP contribution in [-0.4, -0.2) is 56.1 Å². The zero-order valence-corrected chi connectivity index (χ0v) is 17.0. The minimum Gasteiger partial charge on any atom is -0.360 e. The maximum atomic E-state index is 12.5. The molecule has 0 saturated carbocycles. The van der Waals surface area contributed by atoms with E-state index in [0.717, 1.165) is 32.5 Å². The molecule has 8 nitrogen and oxygen atoms in total. The summed E-state index contributed by atoms with van der Waals surface area (Å²) in [5.74, 6) is 0.516. The monoisotopic (exact) mass is 386 g/mol. The molecule has 1 fully saturated rings. The Morgan fingerprint density at radius 3 is 2.38 bits per heavy atom. The number of piperidine rings is 1. The summed E-state index contributed by atoms with van der Waals surface area (Å²) in [6.07, 6.45) is 1.75. The number of nitrogens with one attached hydrogen (secondary N) is 2. The van der Waals surface area contributed by atoms with Crippen LogP contribution in [0, 0.1) is 19.8 Å². The molecule has 0 radical (unpaired) electrons. The van der Waals surface area contributed by atoms with E-state index in [1.807, 2.05) is 0 Å². The molecule has 2 heterocycles. The van der Waals surface area contributed by atoms with Crippen molar-refractivity contribution in [2.75, 3.05) is 19.6 Å². The fourth-order valence-corrected chi connectivity index (χ4v) is 4.84. The maximum Gasteiger partial charge on any atom is 0.246 e. The Hall–Kier alpha value is -1.45. The summed E-state index contributed by atoms with van der Waals surface area (Å²) in [5.41, 5.74) is 0.278. The van der Waals surface area contributed by atoms with Crippen molar-refractivity contribution in [1.29, 1.82) is 0 Å². The normalized spacial score (nSPS) is 18.2. The Labute approximate surface area is 155 Å². The van der Waals surface area contributed by atoms with Gasteiger partial charge in [0.05, 0.1) is 6.04 Å². The lowest BCUT2D eigenvalue weighted by molar-refractivity contribution is -0.123. The number of aryl methyl sites for hydroxylation is 2. The van der Waals surface area contributed by atoms with Gasteiger partial charge < -0.3 is 14.7 Å². The molecule has 0 aliphatic carbocycles. The zero-order valence-electron chi connectivity index (χ0n) is 16.2. The van der Waals surface area contributed by atoms with Gasteiger partial charge in [0.15, 0.2) is 5.76 Å². The Balaban J connectivity index is 1.88. The van der Waals surface area contributed by atoms with E-state index in [4.69, 9.17) is 4.52 Å². The number of amides is 1. The first-order chi connectivity index (χ1) is 12.1. The fourth-order valence-electron chi connectivity index (χ4n) is 3.31. The van der Waals surface area contributed by atoms with Gasteiger partial charge in [-0.3, -0.25) is 4.79 Å². The molecular weight excluding hydrogens is 356 g/mol. The molecule has 1 aromatic rings. The molecule has 0 spiro atoms. The van der Waals surface area contributed by atoms with Gasteiger partial charge >= 0.3 is 0 Å². The van der Waals surface area contributed by atoms with E-state index in [9.17, 15) is 13.2 Å². The lowest BCUT2D eigenvalue weighted by Crippen LogP contribution is -2.51. The smallest absolute Gasteiger partial charge is 0.246 e. The Kier molecular flexibility index (Phi) is 6.81. The maximum absolute atomic E-state index is 12.5. The highest BCUT2D eigenvalue weighted by molar-refractivity contribution is 7.89. The van der Waals surface area contributed by atoms with Crippen LogP contribution in [0.25, 0.3) is 0 Å². The molecule has 2 rings (SSSR count). The quantitative estimate of drug-likeness (QED) is 0.729. The minimum absolute atomic E-state index is 0.000793. The molecule has 148 valence electrons. The lowest BCUT2D eigenvalue weighted by Gasteiger charge is -2.33. The van der Waals surface area contributed by atoms with Crippen molar-refractivity contribution < 1.29 is 17.7 Å². The summed E-state index contributed by atoms with van der Waals surface area (Å²) >= 11 is 0. The molecule has 26 heavy (non-hydrogen) atoms. The van der Waals surface area contributed by atoms with Crippen LogP contribution in [0.2, 0.25) is 0 Å². The SMILES string of the molecule is Cc1noc(C)c1S(=O)(=O)N[C@@H](C)C(=O)NC1CCN(CC(C)C)CC1. The average molecular weight is 387 g/mol. The molecule has 1 saturated heterocycles. The van der Waals surface area contributed by atoms with Crippen LogP contribution in [-0.2, 0) is 14.8 Å². The van der Waals surface area contributed by atoms with Crippen molar-refractivity contribution in [3.8, 4) is 0 Å². The number of hydrogen-bond donors (Lipinski definition) is 2.